The van der Waals surface area contributed by atoms with Gasteiger partial charge in [-0.05, 0) is 0 Å². The van der Waals surface area contributed by atoms with Crippen LogP contribution in [0, 0.1) is 0 Å². The standard InChI is InChI=1S/C5H3F9O.C4H10.FH/c1-15-5(13,14)3(8,9)2(6,7)4(10,11)12;1-3-4-2;/h1H3;3-4H2,1-2H3;1H. The SMILES string of the molecule is CCCC.COC(F)(F)C(F)(F)C(F)(F)C(F)(F)F.F. The first kappa shape index (κ1) is 24.3. The summed E-state index contributed by atoms with van der Waals surface area (Å²) in [7, 11) is -0.125. The molecule has 11 heteroatoms. The molecule has 0 radical (unpaired) electrons. The van der Waals surface area contributed by atoms with E-state index in [0.29, 0.717) is 0 Å². The van der Waals surface area contributed by atoms with Crippen molar-refractivity contribution < 1.29 is 49.0 Å². The van der Waals surface area contributed by atoms with Crippen molar-refractivity contribution in [2.45, 2.75) is 50.8 Å². The molecule has 0 rings (SSSR count). The van der Waals surface area contributed by atoms with Gasteiger partial charge in [-0.15, -0.1) is 0 Å². The number of rotatable bonds is 4. The fourth-order valence-corrected chi connectivity index (χ4v) is 0.489. The van der Waals surface area contributed by atoms with Crippen LogP contribution < -0.4 is 0 Å². The lowest BCUT2D eigenvalue weighted by atomic mass is 10.1. The Balaban J connectivity index is -0.000000508. The molecule has 0 aromatic heterocycles. The summed E-state index contributed by atoms with van der Waals surface area (Å²) in [6, 6.07) is 0. The highest BCUT2D eigenvalue weighted by Gasteiger charge is 2.82. The van der Waals surface area contributed by atoms with Gasteiger partial charge in [0.25, 0.3) is 0 Å². The highest BCUT2D eigenvalue weighted by atomic mass is 19.4. The van der Waals surface area contributed by atoms with E-state index in [0.717, 1.165) is 0 Å². The molecule has 0 aromatic carbocycles. The molecule has 0 saturated carbocycles. The molecule has 0 aromatic rings. The zero-order valence-electron chi connectivity index (χ0n) is 10.6. The van der Waals surface area contributed by atoms with Crippen LogP contribution in [0.1, 0.15) is 26.7 Å². The summed E-state index contributed by atoms with van der Waals surface area (Å²) in [5, 5.41) is 0. The summed E-state index contributed by atoms with van der Waals surface area (Å²) in [4.78, 5) is 0. The fourth-order valence-electron chi connectivity index (χ4n) is 0.489. The predicted molar refractivity (Wildman–Crippen MR) is 51.0 cm³/mol. The number of hydrogen-bond donors (Lipinski definition) is 0. The molecule has 0 heterocycles. The molecule has 0 saturated heterocycles. The number of alkyl halides is 9. The Morgan fingerprint density at radius 3 is 1.15 bits per heavy atom. The van der Waals surface area contributed by atoms with Gasteiger partial charge in [0.05, 0.1) is 0 Å². The van der Waals surface area contributed by atoms with Crippen LogP contribution in [-0.2, 0) is 4.74 Å². The maximum Gasteiger partial charge on any atom is 0.460 e. The molecule has 0 aliphatic heterocycles. The monoisotopic (exact) mass is 328 g/mol. The first-order chi connectivity index (χ1) is 8.22. The minimum Gasteiger partial charge on any atom is -0.319 e. The molecular formula is C9H14F10O. The van der Waals surface area contributed by atoms with Crippen molar-refractivity contribution in [1.29, 1.82) is 0 Å². The second-order valence-electron chi connectivity index (χ2n) is 3.37. The third-order valence-corrected chi connectivity index (χ3v) is 1.87. The van der Waals surface area contributed by atoms with Gasteiger partial charge in [0.15, 0.2) is 0 Å². The summed E-state index contributed by atoms with van der Waals surface area (Å²) < 4.78 is 109. The molecule has 20 heavy (non-hydrogen) atoms. The van der Waals surface area contributed by atoms with Gasteiger partial charge in [-0.1, -0.05) is 26.7 Å². The summed E-state index contributed by atoms with van der Waals surface area (Å²) in [6.07, 6.45) is -10.1. The van der Waals surface area contributed by atoms with E-state index >= 15 is 0 Å². The molecule has 0 bridgehead atoms. The molecule has 0 atom stereocenters. The van der Waals surface area contributed by atoms with E-state index in [2.05, 4.69) is 18.6 Å². The van der Waals surface area contributed by atoms with Crippen LogP contribution in [0.3, 0.4) is 0 Å². The van der Waals surface area contributed by atoms with Crippen LogP contribution in [0.15, 0.2) is 0 Å². The predicted octanol–water partition coefficient (Wildman–Crippen LogP) is 5.02. The summed E-state index contributed by atoms with van der Waals surface area (Å²) in [6.45, 7) is 4.36. The van der Waals surface area contributed by atoms with Crippen molar-refractivity contribution >= 4 is 0 Å². The lowest BCUT2D eigenvalue weighted by molar-refractivity contribution is -0.440. The number of hydrogen-bond acceptors (Lipinski definition) is 1. The van der Waals surface area contributed by atoms with Crippen molar-refractivity contribution in [2.24, 2.45) is 0 Å². The number of methoxy groups -OCH3 is 1. The second kappa shape index (κ2) is 7.89. The zero-order valence-corrected chi connectivity index (χ0v) is 10.6. The summed E-state index contributed by atoms with van der Waals surface area (Å²) >= 11 is 0. The summed E-state index contributed by atoms with van der Waals surface area (Å²) in [5.41, 5.74) is 0. The van der Waals surface area contributed by atoms with Gasteiger partial charge in [0.2, 0.25) is 0 Å². The molecule has 0 fully saturated rings. The highest BCUT2D eigenvalue weighted by Crippen LogP contribution is 2.53. The average Bonchev–Trinajstić information content (AvgIpc) is 2.27. The largest absolute Gasteiger partial charge is 0.460 e. The molecular weight excluding hydrogens is 314 g/mol. The van der Waals surface area contributed by atoms with Gasteiger partial charge in [0, 0.05) is 7.11 Å². The number of halogens is 10. The van der Waals surface area contributed by atoms with Crippen LogP contribution in [0.4, 0.5) is 44.2 Å². The Bertz CT molecular complexity index is 258. The minimum absolute atomic E-state index is 0. The van der Waals surface area contributed by atoms with Crippen LogP contribution in [0.2, 0.25) is 0 Å². The highest BCUT2D eigenvalue weighted by molar-refractivity contribution is 4.96. The Labute approximate surface area is 108 Å². The number of unbranched alkanes of at least 4 members (excludes halogenated alkanes) is 1. The van der Waals surface area contributed by atoms with Crippen molar-refractivity contribution in [1.82, 2.24) is 0 Å². The maximum absolute atomic E-state index is 12.1. The maximum atomic E-state index is 12.1. The van der Waals surface area contributed by atoms with Gasteiger partial charge in [-0.3, -0.25) is 4.70 Å². The van der Waals surface area contributed by atoms with Gasteiger partial charge in [-0.2, -0.15) is 39.5 Å². The van der Waals surface area contributed by atoms with E-state index in [9.17, 15) is 39.5 Å². The second-order valence-corrected chi connectivity index (χ2v) is 3.37. The van der Waals surface area contributed by atoms with Crippen LogP contribution in [0.5, 0.6) is 0 Å². The lowest BCUT2D eigenvalue weighted by Crippen LogP contribution is -2.61. The van der Waals surface area contributed by atoms with E-state index < -0.39 is 24.1 Å². The normalized spacial score (nSPS) is 13.2. The van der Waals surface area contributed by atoms with Gasteiger partial charge >= 0.3 is 24.1 Å². The lowest BCUT2D eigenvalue weighted by Gasteiger charge is -2.32. The van der Waals surface area contributed by atoms with E-state index in [-0.39, 0.29) is 11.8 Å². The molecule has 0 aliphatic carbocycles. The molecule has 0 spiro atoms. The van der Waals surface area contributed by atoms with Crippen LogP contribution >= 0.6 is 0 Å². The quantitative estimate of drug-likeness (QED) is 0.659. The van der Waals surface area contributed by atoms with Crippen molar-refractivity contribution in [3.8, 4) is 0 Å². The summed E-state index contributed by atoms with van der Waals surface area (Å²) in [5.74, 6) is -13.6. The third-order valence-electron chi connectivity index (χ3n) is 1.87. The van der Waals surface area contributed by atoms with Gasteiger partial charge < -0.3 is 4.74 Å². The molecule has 0 N–H and O–H groups in total. The Morgan fingerprint density at radius 1 is 0.700 bits per heavy atom. The van der Waals surface area contributed by atoms with E-state index in [4.69, 9.17) is 0 Å². The van der Waals surface area contributed by atoms with E-state index in [1.807, 2.05) is 0 Å². The molecule has 0 aliphatic rings. The fraction of sp³-hybridized carbons (Fsp3) is 1.00. The van der Waals surface area contributed by atoms with Gasteiger partial charge in [-0.25, -0.2) is 0 Å². The van der Waals surface area contributed by atoms with Crippen molar-refractivity contribution in [3.05, 3.63) is 0 Å². The first-order valence-corrected chi connectivity index (χ1v) is 4.98. The van der Waals surface area contributed by atoms with E-state index in [1.54, 1.807) is 0 Å². The number of ether oxygens (including phenoxy) is 1. The van der Waals surface area contributed by atoms with E-state index in [1.165, 1.54) is 12.8 Å². The first-order valence-electron chi connectivity index (χ1n) is 4.98. The van der Waals surface area contributed by atoms with Crippen LogP contribution in [-0.4, -0.2) is 31.2 Å². The topological polar surface area (TPSA) is 9.23 Å². The Morgan fingerprint density at radius 2 is 1.00 bits per heavy atom. The van der Waals surface area contributed by atoms with Gasteiger partial charge in [0.1, 0.15) is 0 Å². The molecule has 0 unspecified atom stereocenters. The molecule has 126 valence electrons. The Kier molecular flexibility index (Phi) is 9.58. The van der Waals surface area contributed by atoms with Crippen molar-refractivity contribution in [2.75, 3.05) is 7.11 Å². The minimum atomic E-state index is -6.89. The molecule has 0 amide bonds. The average molecular weight is 328 g/mol. The third kappa shape index (κ3) is 4.98. The zero-order chi connectivity index (χ0) is 16.1. The van der Waals surface area contributed by atoms with Crippen molar-refractivity contribution in [3.63, 3.8) is 0 Å². The molecule has 1 nitrogen and oxygen atoms in total. The van der Waals surface area contributed by atoms with Crippen LogP contribution in [0.25, 0.3) is 0 Å². The Hall–Kier alpha value is -0.740. The smallest absolute Gasteiger partial charge is 0.319 e.